The van der Waals surface area contributed by atoms with Gasteiger partial charge in [-0.2, -0.15) is 4.98 Å². The predicted molar refractivity (Wildman–Crippen MR) is 60.9 cm³/mol. The fraction of sp³-hybridized carbons (Fsp3) is 0.727. The Hall–Kier alpha value is -1.43. The van der Waals surface area contributed by atoms with E-state index in [2.05, 4.69) is 10.1 Å². The highest BCUT2D eigenvalue weighted by atomic mass is 16.5. The smallest absolute Gasteiger partial charge is 0.266 e. The van der Waals surface area contributed by atoms with E-state index in [1.807, 2.05) is 11.8 Å². The summed E-state index contributed by atoms with van der Waals surface area (Å²) in [5, 5.41) is 3.89. The van der Waals surface area contributed by atoms with Gasteiger partial charge in [0.1, 0.15) is 5.78 Å². The molecule has 1 aromatic rings. The molecule has 94 valence electrons. The van der Waals surface area contributed by atoms with E-state index in [1.165, 1.54) is 0 Å². The first-order chi connectivity index (χ1) is 8.29. The number of anilines is 1. The van der Waals surface area contributed by atoms with Crippen LogP contribution >= 0.6 is 0 Å². The monoisotopic (exact) mass is 239 g/mol. The molecule has 0 bridgehead atoms. The van der Waals surface area contributed by atoms with Gasteiger partial charge >= 0.3 is 0 Å². The zero-order valence-corrected chi connectivity index (χ0v) is 10.0. The molecule has 2 rings (SSSR count). The summed E-state index contributed by atoms with van der Waals surface area (Å²) in [5.41, 5.74) is 0. The Morgan fingerprint density at radius 2 is 2.18 bits per heavy atom. The van der Waals surface area contributed by atoms with Crippen molar-refractivity contribution in [2.75, 3.05) is 31.2 Å². The minimum Gasteiger partial charge on any atom is -0.378 e. The molecule has 1 saturated heterocycles. The van der Waals surface area contributed by atoms with Crippen LogP contribution in [-0.2, 0) is 16.0 Å². The summed E-state index contributed by atoms with van der Waals surface area (Å²) in [6.07, 6.45) is 1.66. The third kappa shape index (κ3) is 3.26. The van der Waals surface area contributed by atoms with E-state index in [0.717, 1.165) is 19.5 Å². The van der Waals surface area contributed by atoms with Crippen molar-refractivity contribution in [1.82, 2.24) is 10.1 Å². The average Bonchev–Trinajstić information content (AvgIpc) is 2.79. The molecule has 6 heteroatoms. The van der Waals surface area contributed by atoms with E-state index in [-0.39, 0.29) is 12.2 Å². The van der Waals surface area contributed by atoms with Crippen molar-refractivity contribution in [3.05, 3.63) is 5.89 Å². The lowest BCUT2D eigenvalue weighted by atomic mass is 10.2. The Morgan fingerprint density at radius 3 is 2.88 bits per heavy atom. The van der Waals surface area contributed by atoms with Gasteiger partial charge in [-0.05, 0) is 11.6 Å². The van der Waals surface area contributed by atoms with Gasteiger partial charge in [0.25, 0.3) is 5.95 Å². The molecule has 0 aromatic carbocycles. The van der Waals surface area contributed by atoms with Gasteiger partial charge in [-0.15, -0.1) is 0 Å². The van der Waals surface area contributed by atoms with Crippen LogP contribution in [0.4, 0.5) is 5.95 Å². The van der Waals surface area contributed by atoms with Crippen LogP contribution in [0.5, 0.6) is 0 Å². The quantitative estimate of drug-likeness (QED) is 0.757. The number of carbonyl (C=O) groups is 1. The number of hydrogen-bond donors (Lipinski definition) is 0. The second kappa shape index (κ2) is 5.77. The molecule has 2 heterocycles. The van der Waals surface area contributed by atoms with E-state index in [1.54, 1.807) is 0 Å². The second-order valence-corrected chi connectivity index (χ2v) is 4.05. The number of nitrogens with zero attached hydrogens (tertiary/aromatic N) is 3. The minimum absolute atomic E-state index is 0.143. The van der Waals surface area contributed by atoms with Gasteiger partial charge in [0.15, 0.2) is 0 Å². The Bertz CT molecular complexity index is 372. The molecule has 6 nitrogen and oxygen atoms in total. The molecule has 0 spiro atoms. The molecule has 1 fully saturated rings. The summed E-state index contributed by atoms with van der Waals surface area (Å²) < 4.78 is 10.3. The van der Waals surface area contributed by atoms with Crippen LogP contribution in [0.25, 0.3) is 0 Å². The van der Waals surface area contributed by atoms with Crippen LogP contribution in [0.3, 0.4) is 0 Å². The summed E-state index contributed by atoms with van der Waals surface area (Å²) in [6, 6.07) is 0. The van der Waals surface area contributed by atoms with E-state index < -0.39 is 0 Å². The fourth-order valence-corrected chi connectivity index (χ4v) is 1.75. The normalized spacial score (nSPS) is 16.2. The topological polar surface area (TPSA) is 68.5 Å². The van der Waals surface area contributed by atoms with Crippen molar-refractivity contribution in [1.29, 1.82) is 0 Å². The molecule has 0 aliphatic carbocycles. The van der Waals surface area contributed by atoms with Crippen molar-refractivity contribution in [2.24, 2.45) is 0 Å². The average molecular weight is 239 g/mol. The second-order valence-electron chi connectivity index (χ2n) is 4.05. The number of ether oxygens (including phenoxy) is 1. The molecule has 1 aliphatic heterocycles. The van der Waals surface area contributed by atoms with Gasteiger partial charge in [-0.25, -0.2) is 0 Å². The predicted octanol–water partition coefficient (Wildman–Crippen LogP) is 0.818. The molecule has 0 atom stereocenters. The molecule has 1 aromatic heterocycles. The van der Waals surface area contributed by atoms with Crippen molar-refractivity contribution >= 4 is 11.7 Å². The minimum atomic E-state index is 0.143. The van der Waals surface area contributed by atoms with Crippen LogP contribution in [0, 0.1) is 0 Å². The summed E-state index contributed by atoms with van der Waals surface area (Å²) in [6.45, 7) is 4.87. The van der Waals surface area contributed by atoms with E-state index in [9.17, 15) is 4.79 Å². The van der Waals surface area contributed by atoms with Crippen LogP contribution in [0.15, 0.2) is 4.52 Å². The SMILES string of the molecule is CCCC(=O)Cc1nc(N2CCOCC2)no1. The van der Waals surface area contributed by atoms with E-state index >= 15 is 0 Å². The Kier molecular flexibility index (Phi) is 4.08. The maximum Gasteiger partial charge on any atom is 0.266 e. The molecular formula is C11H17N3O3. The number of aromatic nitrogens is 2. The molecule has 0 saturated carbocycles. The van der Waals surface area contributed by atoms with Crippen LogP contribution in [0.2, 0.25) is 0 Å². The third-order valence-corrected chi connectivity index (χ3v) is 2.63. The largest absolute Gasteiger partial charge is 0.378 e. The van der Waals surface area contributed by atoms with Gasteiger partial charge in [0.2, 0.25) is 5.89 Å². The van der Waals surface area contributed by atoms with Crippen LogP contribution in [-0.4, -0.2) is 42.2 Å². The number of hydrogen-bond acceptors (Lipinski definition) is 6. The summed E-state index contributed by atoms with van der Waals surface area (Å²) in [7, 11) is 0. The fourth-order valence-electron chi connectivity index (χ4n) is 1.75. The Morgan fingerprint density at radius 1 is 1.41 bits per heavy atom. The maximum absolute atomic E-state index is 11.4. The lowest BCUT2D eigenvalue weighted by Gasteiger charge is -2.24. The van der Waals surface area contributed by atoms with Gasteiger partial charge in [-0.1, -0.05) is 6.92 Å². The summed E-state index contributed by atoms with van der Waals surface area (Å²) >= 11 is 0. The van der Waals surface area contributed by atoms with Gasteiger partial charge < -0.3 is 14.2 Å². The number of Topliss-reactive ketones (excluding diaryl/α,β-unsaturated/α-hetero) is 1. The van der Waals surface area contributed by atoms with E-state index in [0.29, 0.717) is 31.5 Å². The zero-order chi connectivity index (χ0) is 12.1. The van der Waals surface area contributed by atoms with E-state index in [4.69, 9.17) is 9.26 Å². The number of rotatable bonds is 5. The Balaban J connectivity index is 1.93. The van der Waals surface area contributed by atoms with Crippen molar-refractivity contribution in [3.8, 4) is 0 Å². The van der Waals surface area contributed by atoms with Gasteiger partial charge in [0.05, 0.1) is 19.6 Å². The Labute approximate surface area is 99.9 Å². The summed E-state index contributed by atoms with van der Waals surface area (Å²) in [5.74, 6) is 1.11. The lowest BCUT2D eigenvalue weighted by Crippen LogP contribution is -2.36. The lowest BCUT2D eigenvalue weighted by molar-refractivity contribution is -0.118. The number of carbonyl (C=O) groups excluding carboxylic acids is 1. The molecule has 17 heavy (non-hydrogen) atoms. The van der Waals surface area contributed by atoms with Gasteiger partial charge in [0, 0.05) is 19.5 Å². The highest BCUT2D eigenvalue weighted by molar-refractivity contribution is 5.79. The molecule has 0 radical (unpaired) electrons. The highest BCUT2D eigenvalue weighted by Gasteiger charge is 2.18. The molecule has 1 aliphatic rings. The molecule has 0 N–H and O–H groups in total. The number of morpholine rings is 1. The molecular weight excluding hydrogens is 222 g/mol. The standard InChI is InChI=1S/C11H17N3O3/c1-2-3-9(15)8-10-12-11(13-17-10)14-4-6-16-7-5-14/h2-8H2,1H3. The highest BCUT2D eigenvalue weighted by Crippen LogP contribution is 2.12. The van der Waals surface area contributed by atoms with Crippen LogP contribution < -0.4 is 4.90 Å². The third-order valence-electron chi connectivity index (χ3n) is 2.63. The maximum atomic E-state index is 11.4. The molecule has 0 unspecified atom stereocenters. The van der Waals surface area contributed by atoms with Crippen molar-refractivity contribution in [3.63, 3.8) is 0 Å². The van der Waals surface area contributed by atoms with Crippen molar-refractivity contribution in [2.45, 2.75) is 26.2 Å². The number of ketones is 1. The molecule has 0 amide bonds. The van der Waals surface area contributed by atoms with Crippen molar-refractivity contribution < 1.29 is 14.1 Å². The first kappa shape index (κ1) is 12.0. The zero-order valence-electron chi connectivity index (χ0n) is 10.0. The van der Waals surface area contributed by atoms with Crippen LogP contribution in [0.1, 0.15) is 25.7 Å². The summed E-state index contributed by atoms with van der Waals surface area (Å²) in [4.78, 5) is 17.7. The van der Waals surface area contributed by atoms with Gasteiger partial charge in [-0.3, -0.25) is 4.79 Å². The first-order valence-corrected chi connectivity index (χ1v) is 5.96. The first-order valence-electron chi connectivity index (χ1n) is 5.96.